The number of anilines is 1. The van der Waals surface area contributed by atoms with Crippen molar-refractivity contribution in [1.82, 2.24) is 10.2 Å². The van der Waals surface area contributed by atoms with Gasteiger partial charge < -0.3 is 10.2 Å². The minimum atomic E-state index is -1.13. The van der Waals surface area contributed by atoms with Gasteiger partial charge in [-0.1, -0.05) is 56.3 Å². The third-order valence-electron chi connectivity index (χ3n) is 5.81. The Hall–Kier alpha value is -2.80. The summed E-state index contributed by atoms with van der Waals surface area (Å²) in [5.41, 5.74) is 0.444. The summed E-state index contributed by atoms with van der Waals surface area (Å²) in [5.74, 6) is -0.624. The fraction of sp³-hybridized carbons (Fsp3) is 0.348. The highest BCUT2D eigenvalue weighted by atomic mass is 32.2. The maximum atomic E-state index is 13.3. The molecule has 4 amide bonds. The third kappa shape index (κ3) is 3.47. The maximum Gasteiger partial charge on any atom is 0.325 e. The molecule has 156 valence electrons. The topological polar surface area (TPSA) is 69.7 Å². The molecular weight excluding hydrogens is 398 g/mol. The molecule has 0 aliphatic carbocycles. The van der Waals surface area contributed by atoms with Crippen molar-refractivity contribution in [2.24, 2.45) is 0 Å². The second-order valence-corrected chi connectivity index (χ2v) is 9.16. The van der Waals surface area contributed by atoms with E-state index in [4.69, 9.17) is 0 Å². The molecule has 1 fully saturated rings. The van der Waals surface area contributed by atoms with Gasteiger partial charge in [-0.3, -0.25) is 14.5 Å². The van der Waals surface area contributed by atoms with E-state index in [1.807, 2.05) is 61.5 Å². The number of para-hydroxylation sites is 1. The summed E-state index contributed by atoms with van der Waals surface area (Å²) in [6.45, 7) is 4.29. The zero-order chi connectivity index (χ0) is 21.3. The van der Waals surface area contributed by atoms with Gasteiger partial charge in [0.15, 0.2) is 0 Å². The van der Waals surface area contributed by atoms with Crippen LogP contribution in [0.2, 0.25) is 0 Å². The Labute approximate surface area is 180 Å². The zero-order valence-corrected chi connectivity index (χ0v) is 17.9. The van der Waals surface area contributed by atoms with E-state index in [1.54, 1.807) is 16.7 Å². The monoisotopic (exact) mass is 423 g/mol. The second-order valence-electron chi connectivity index (χ2n) is 7.68. The molecular formula is C23H25N3O3S. The average Bonchev–Trinajstić information content (AvgIpc) is 2.89. The number of rotatable bonds is 4. The van der Waals surface area contributed by atoms with Crippen LogP contribution in [0.4, 0.5) is 10.5 Å². The highest BCUT2D eigenvalue weighted by Crippen LogP contribution is 2.38. The molecule has 2 aliphatic heterocycles. The van der Waals surface area contributed by atoms with Gasteiger partial charge in [-0.15, -0.1) is 11.8 Å². The van der Waals surface area contributed by atoms with Crippen molar-refractivity contribution in [2.45, 2.75) is 42.4 Å². The molecule has 6 nitrogen and oxygen atoms in total. The number of nitrogens with one attached hydrogen (secondary N) is 1. The van der Waals surface area contributed by atoms with Crippen molar-refractivity contribution in [3.63, 3.8) is 0 Å². The van der Waals surface area contributed by atoms with Gasteiger partial charge in [0, 0.05) is 16.7 Å². The Morgan fingerprint density at radius 1 is 1.13 bits per heavy atom. The molecule has 0 radical (unpaired) electrons. The van der Waals surface area contributed by atoms with E-state index in [9.17, 15) is 14.4 Å². The van der Waals surface area contributed by atoms with Gasteiger partial charge in [-0.05, 0) is 30.5 Å². The van der Waals surface area contributed by atoms with E-state index in [-0.39, 0.29) is 18.4 Å². The predicted molar refractivity (Wildman–Crippen MR) is 117 cm³/mol. The lowest BCUT2D eigenvalue weighted by atomic mass is 9.87. The molecule has 2 aromatic rings. The smallest absolute Gasteiger partial charge is 0.319 e. The number of carbonyl (C=O) groups excluding carboxylic acids is 3. The lowest BCUT2D eigenvalue weighted by Gasteiger charge is -2.27. The van der Waals surface area contributed by atoms with Crippen LogP contribution in [0.1, 0.15) is 32.3 Å². The summed E-state index contributed by atoms with van der Waals surface area (Å²) in [7, 11) is 0. The fourth-order valence-electron chi connectivity index (χ4n) is 4.10. The lowest BCUT2D eigenvalue weighted by Crippen LogP contribution is -2.46. The number of benzene rings is 2. The Morgan fingerprint density at radius 3 is 2.57 bits per heavy atom. The highest BCUT2D eigenvalue weighted by Gasteiger charge is 2.51. The highest BCUT2D eigenvalue weighted by molar-refractivity contribution is 8.00. The van der Waals surface area contributed by atoms with Crippen LogP contribution < -0.4 is 10.2 Å². The number of imide groups is 1. The van der Waals surface area contributed by atoms with Gasteiger partial charge in [0.1, 0.15) is 12.1 Å². The van der Waals surface area contributed by atoms with Gasteiger partial charge >= 0.3 is 6.03 Å². The summed E-state index contributed by atoms with van der Waals surface area (Å²) in [5, 5.41) is 3.22. The van der Waals surface area contributed by atoms with Crippen molar-refractivity contribution in [3.05, 3.63) is 60.2 Å². The van der Waals surface area contributed by atoms with Crippen molar-refractivity contribution in [1.29, 1.82) is 0 Å². The standard InChI is InChI=1S/C23H25N3O3S/c1-3-23(17-9-5-4-6-10-17)21(28)26(22(29)24-23)15-20(27)25-14-13-16(2)30-19-12-8-7-11-18(19)25/h4-12,16H,3,13-15H2,1-2H3,(H,24,29). The fourth-order valence-corrected chi connectivity index (χ4v) is 5.21. The zero-order valence-electron chi connectivity index (χ0n) is 17.1. The predicted octanol–water partition coefficient (Wildman–Crippen LogP) is 3.76. The molecule has 0 spiro atoms. The SMILES string of the molecule is CCC1(c2ccccc2)NC(=O)N(CC(=O)N2CCC(C)Sc3ccccc32)C1=O. The van der Waals surface area contributed by atoms with E-state index in [0.717, 1.165) is 27.5 Å². The molecule has 30 heavy (non-hydrogen) atoms. The van der Waals surface area contributed by atoms with E-state index >= 15 is 0 Å². The first-order chi connectivity index (χ1) is 14.5. The normalized spacial score (nSPS) is 23.7. The Morgan fingerprint density at radius 2 is 1.83 bits per heavy atom. The molecule has 0 bridgehead atoms. The van der Waals surface area contributed by atoms with Gasteiger partial charge in [0.2, 0.25) is 5.91 Å². The van der Waals surface area contributed by atoms with Crippen LogP contribution in [0.5, 0.6) is 0 Å². The molecule has 2 heterocycles. The first-order valence-corrected chi connectivity index (χ1v) is 11.1. The number of carbonyl (C=O) groups is 3. The quantitative estimate of drug-likeness (QED) is 0.761. The Balaban J connectivity index is 1.60. The van der Waals surface area contributed by atoms with Crippen LogP contribution in [0, 0.1) is 0 Å². The van der Waals surface area contributed by atoms with Crippen LogP contribution in [0.15, 0.2) is 59.5 Å². The molecule has 7 heteroatoms. The van der Waals surface area contributed by atoms with E-state index in [0.29, 0.717) is 18.2 Å². The number of amides is 4. The molecule has 2 atom stereocenters. The third-order valence-corrected chi connectivity index (χ3v) is 7.05. The molecule has 2 aliphatic rings. The van der Waals surface area contributed by atoms with E-state index in [1.165, 1.54) is 0 Å². The molecule has 4 rings (SSSR count). The number of nitrogens with zero attached hydrogens (tertiary/aromatic N) is 2. The van der Waals surface area contributed by atoms with Crippen LogP contribution in [0.3, 0.4) is 0 Å². The molecule has 2 aromatic carbocycles. The van der Waals surface area contributed by atoms with Crippen LogP contribution >= 0.6 is 11.8 Å². The number of hydrogen-bond donors (Lipinski definition) is 1. The molecule has 1 saturated heterocycles. The van der Waals surface area contributed by atoms with Crippen molar-refractivity contribution >= 4 is 35.3 Å². The molecule has 2 unspecified atom stereocenters. The van der Waals surface area contributed by atoms with Crippen molar-refractivity contribution in [3.8, 4) is 0 Å². The minimum absolute atomic E-state index is 0.249. The van der Waals surface area contributed by atoms with Crippen LogP contribution in [-0.4, -0.2) is 41.1 Å². The van der Waals surface area contributed by atoms with Gasteiger partial charge in [0.25, 0.3) is 5.91 Å². The second kappa shape index (κ2) is 8.14. The van der Waals surface area contributed by atoms with Gasteiger partial charge in [-0.2, -0.15) is 0 Å². The summed E-state index contributed by atoms with van der Waals surface area (Å²) in [6, 6.07) is 16.5. The van der Waals surface area contributed by atoms with Crippen molar-refractivity contribution in [2.75, 3.05) is 18.0 Å². The number of fused-ring (bicyclic) bond motifs is 1. The van der Waals surface area contributed by atoms with E-state index in [2.05, 4.69) is 12.2 Å². The first-order valence-electron chi connectivity index (χ1n) is 10.2. The van der Waals surface area contributed by atoms with Crippen LogP contribution in [-0.2, 0) is 15.1 Å². The molecule has 1 N–H and O–H groups in total. The largest absolute Gasteiger partial charge is 0.325 e. The number of thioether (sulfide) groups is 1. The first kappa shape index (κ1) is 20.5. The van der Waals surface area contributed by atoms with Gasteiger partial charge in [0.05, 0.1) is 5.69 Å². The number of urea groups is 1. The van der Waals surface area contributed by atoms with Crippen molar-refractivity contribution < 1.29 is 14.4 Å². The van der Waals surface area contributed by atoms with Crippen LogP contribution in [0.25, 0.3) is 0 Å². The summed E-state index contributed by atoms with van der Waals surface area (Å²) < 4.78 is 0. The lowest BCUT2D eigenvalue weighted by molar-refractivity contribution is -0.134. The Kier molecular flexibility index (Phi) is 5.56. The Bertz CT molecular complexity index is 981. The maximum absolute atomic E-state index is 13.3. The molecule has 0 aromatic heterocycles. The summed E-state index contributed by atoms with van der Waals surface area (Å²) in [6.07, 6.45) is 1.25. The average molecular weight is 424 g/mol. The van der Waals surface area contributed by atoms with Gasteiger partial charge in [-0.25, -0.2) is 4.79 Å². The molecule has 0 saturated carbocycles. The summed E-state index contributed by atoms with van der Waals surface area (Å²) >= 11 is 1.74. The minimum Gasteiger partial charge on any atom is -0.319 e. The summed E-state index contributed by atoms with van der Waals surface area (Å²) in [4.78, 5) is 43.1. The number of hydrogen-bond acceptors (Lipinski definition) is 4. The van der Waals surface area contributed by atoms with E-state index < -0.39 is 11.6 Å².